The molecule has 0 unspecified atom stereocenters. The summed E-state index contributed by atoms with van der Waals surface area (Å²) in [7, 11) is 0. The van der Waals surface area contributed by atoms with E-state index in [9.17, 15) is 4.79 Å². The Balaban J connectivity index is 2.00. The van der Waals surface area contributed by atoms with Crippen molar-refractivity contribution in [3.05, 3.63) is 64.6 Å². The number of aryl methyl sites for hydroxylation is 1. The summed E-state index contributed by atoms with van der Waals surface area (Å²) in [4.78, 5) is 24.5. The van der Waals surface area contributed by atoms with E-state index in [-0.39, 0.29) is 5.78 Å². The molecule has 0 radical (unpaired) electrons. The summed E-state index contributed by atoms with van der Waals surface area (Å²) >= 11 is 6.24. The SMILES string of the molecule is CC(=O)c1ccc(Oc2nc(-c3cccnc3)nc(C)c2C)c(Cl)c1. The first-order valence-corrected chi connectivity index (χ1v) is 8.07. The standard InChI is InChI=1S/C19H16ClN3O2/c1-11-12(2)22-18(15-5-4-8-21-10-15)23-19(11)25-17-7-6-14(13(3)24)9-16(17)20/h4-10H,1-3H3. The van der Waals surface area contributed by atoms with Crippen molar-refractivity contribution in [3.63, 3.8) is 0 Å². The number of Topliss-reactive ketones (excluding diaryl/α,β-unsaturated/α-hetero) is 1. The maximum atomic E-state index is 11.4. The number of aromatic nitrogens is 3. The number of halogens is 1. The average Bonchev–Trinajstić information content (AvgIpc) is 2.61. The minimum absolute atomic E-state index is 0.0543. The first-order valence-electron chi connectivity index (χ1n) is 7.69. The first-order chi connectivity index (χ1) is 12.0. The van der Waals surface area contributed by atoms with E-state index >= 15 is 0 Å². The zero-order valence-corrected chi connectivity index (χ0v) is 14.8. The number of ether oxygens (including phenoxy) is 1. The smallest absolute Gasteiger partial charge is 0.226 e. The molecule has 0 spiro atoms. The van der Waals surface area contributed by atoms with Gasteiger partial charge >= 0.3 is 0 Å². The molecule has 1 aromatic carbocycles. The molecule has 0 amide bonds. The Morgan fingerprint density at radius 3 is 2.60 bits per heavy atom. The fraction of sp³-hybridized carbons (Fsp3) is 0.158. The van der Waals surface area contributed by atoms with Crippen LogP contribution in [0.5, 0.6) is 11.6 Å². The highest BCUT2D eigenvalue weighted by molar-refractivity contribution is 6.32. The fourth-order valence-electron chi connectivity index (χ4n) is 2.23. The number of rotatable bonds is 4. The zero-order valence-electron chi connectivity index (χ0n) is 14.1. The van der Waals surface area contributed by atoms with Gasteiger partial charge in [-0.15, -0.1) is 0 Å². The molecule has 0 aliphatic carbocycles. The zero-order chi connectivity index (χ0) is 18.0. The summed E-state index contributed by atoms with van der Waals surface area (Å²) in [6.07, 6.45) is 3.39. The molecule has 25 heavy (non-hydrogen) atoms. The summed E-state index contributed by atoms with van der Waals surface area (Å²) < 4.78 is 5.90. The maximum Gasteiger partial charge on any atom is 0.226 e. The molecule has 0 atom stereocenters. The van der Waals surface area contributed by atoms with Gasteiger partial charge in [-0.2, -0.15) is 4.98 Å². The van der Waals surface area contributed by atoms with E-state index in [2.05, 4.69) is 15.0 Å². The molecule has 2 heterocycles. The molecule has 0 aliphatic heterocycles. The Kier molecular flexibility index (Phi) is 4.76. The van der Waals surface area contributed by atoms with Gasteiger partial charge in [-0.25, -0.2) is 4.98 Å². The number of hydrogen-bond acceptors (Lipinski definition) is 5. The van der Waals surface area contributed by atoms with Crippen LogP contribution in [0.4, 0.5) is 0 Å². The van der Waals surface area contributed by atoms with Crippen LogP contribution in [0.2, 0.25) is 5.02 Å². The molecule has 2 aromatic heterocycles. The van der Waals surface area contributed by atoms with Crippen LogP contribution in [0, 0.1) is 13.8 Å². The number of carbonyl (C=O) groups is 1. The van der Waals surface area contributed by atoms with E-state index in [1.807, 2.05) is 26.0 Å². The highest BCUT2D eigenvalue weighted by atomic mass is 35.5. The lowest BCUT2D eigenvalue weighted by atomic mass is 10.1. The van der Waals surface area contributed by atoms with Crippen molar-refractivity contribution < 1.29 is 9.53 Å². The van der Waals surface area contributed by atoms with E-state index in [1.54, 1.807) is 30.6 Å². The average molecular weight is 354 g/mol. The number of benzene rings is 1. The van der Waals surface area contributed by atoms with Crippen molar-refractivity contribution in [3.8, 4) is 23.0 Å². The van der Waals surface area contributed by atoms with Crippen LogP contribution < -0.4 is 4.74 Å². The predicted octanol–water partition coefficient (Wildman–Crippen LogP) is 4.80. The van der Waals surface area contributed by atoms with Gasteiger partial charge in [-0.05, 0) is 51.1 Å². The van der Waals surface area contributed by atoms with Crippen molar-refractivity contribution in [1.29, 1.82) is 0 Å². The molecule has 0 bridgehead atoms. The van der Waals surface area contributed by atoms with Gasteiger partial charge in [0.15, 0.2) is 11.6 Å². The lowest BCUT2D eigenvalue weighted by molar-refractivity contribution is 0.101. The Hall–Kier alpha value is -2.79. The molecular weight excluding hydrogens is 338 g/mol. The van der Waals surface area contributed by atoms with Crippen LogP contribution in [-0.2, 0) is 0 Å². The Labute approximate surface area is 150 Å². The molecule has 3 aromatic rings. The third kappa shape index (κ3) is 3.67. The summed E-state index contributed by atoms with van der Waals surface area (Å²) in [5, 5.41) is 0.353. The molecule has 5 nitrogen and oxygen atoms in total. The summed E-state index contributed by atoms with van der Waals surface area (Å²) in [6, 6.07) is 8.64. The van der Waals surface area contributed by atoms with Crippen LogP contribution in [-0.4, -0.2) is 20.7 Å². The molecular formula is C19H16ClN3O2. The summed E-state index contributed by atoms with van der Waals surface area (Å²) in [5.74, 6) is 1.33. The molecule has 126 valence electrons. The third-order valence-corrected chi connectivity index (χ3v) is 4.10. The molecule has 0 aliphatic rings. The van der Waals surface area contributed by atoms with Crippen molar-refractivity contribution >= 4 is 17.4 Å². The highest BCUT2D eigenvalue weighted by Gasteiger charge is 2.14. The van der Waals surface area contributed by atoms with Gasteiger partial charge in [0, 0.05) is 34.8 Å². The Bertz CT molecular complexity index is 943. The topological polar surface area (TPSA) is 65.0 Å². The third-order valence-electron chi connectivity index (χ3n) is 3.81. The minimum atomic E-state index is -0.0543. The van der Waals surface area contributed by atoms with E-state index in [4.69, 9.17) is 16.3 Å². The second-order valence-corrected chi connectivity index (χ2v) is 6.02. The van der Waals surface area contributed by atoms with E-state index in [0.29, 0.717) is 28.0 Å². The van der Waals surface area contributed by atoms with Gasteiger partial charge in [-0.3, -0.25) is 9.78 Å². The van der Waals surface area contributed by atoms with Crippen molar-refractivity contribution in [2.24, 2.45) is 0 Å². The lowest BCUT2D eigenvalue weighted by Gasteiger charge is -2.12. The van der Waals surface area contributed by atoms with Crippen molar-refractivity contribution in [1.82, 2.24) is 15.0 Å². The monoisotopic (exact) mass is 353 g/mol. The van der Waals surface area contributed by atoms with Crippen molar-refractivity contribution in [2.75, 3.05) is 0 Å². The second-order valence-electron chi connectivity index (χ2n) is 5.61. The van der Waals surface area contributed by atoms with Crippen LogP contribution in [0.1, 0.15) is 28.5 Å². The van der Waals surface area contributed by atoms with E-state index in [0.717, 1.165) is 16.8 Å². The lowest BCUT2D eigenvalue weighted by Crippen LogP contribution is -2.01. The normalized spacial score (nSPS) is 10.6. The van der Waals surface area contributed by atoms with Gasteiger partial charge in [0.05, 0.1) is 5.02 Å². The Morgan fingerprint density at radius 2 is 1.96 bits per heavy atom. The van der Waals surface area contributed by atoms with Crippen molar-refractivity contribution in [2.45, 2.75) is 20.8 Å². The number of pyridine rings is 1. The van der Waals surface area contributed by atoms with Crippen LogP contribution in [0.25, 0.3) is 11.4 Å². The number of hydrogen-bond donors (Lipinski definition) is 0. The molecule has 0 saturated heterocycles. The molecule has 6 heteroatoms. The molecule has 0 N–H and O–H groups in total. The second kappa shape index (κ2) is 6.99. The van der Waals surface area contributed by atoms with E-state index < -0.39 is 0 Å². The van der Waals surface area contributed by atoms with E-state index in [1.165, 1.54) is 6.92 Å². The quantitative estimate of drug-likeness (QED) is 0.630. The predicted molar refractivity (Wildman–Crippen MR) is 96.3 cm³/mol. The summed E-state index contributed by atoms with van der Waals surface area (Å²) in [6.45, 7) is 5.27. The van der Waals surface area contributed by atoms with Gasteiger partial charge in [0.1, 0.15) is 5.75 Å². The van der Waals surface area contributed by atoms with Gasteiger partial charge < -0.3 is 4.74 Å². The Morgan fingerprint density at radius 1 is 1.16 bits per heavy atom. The number of nitrogens with zero attached hydrogens (tertiary/aromatic N) is 3. The number of ketones is 1. The van der Waals surface area contributed by atoms with Gasteiger partial charge in [0.2, 0.25) is 5.88 Å². The highest BCUT2D eigenvalue weighted by Crippen LogP contribution is 2.32. The minimum Gasteiger partial charge on any atom is -0.437 e. The molecule has 0 fully saturated rings. The van der Waals surface area contributed by atoms with Crippen LogP contribution in [0.15, 0.2) is 42.7 Å². The van der Waals surface area contributed by atoms with Crippen LogP contribution >= 0.6 is 11.6 Å². The largest absolute Gasteiger partial charge is 0.437 e. The molecule has 3 rings (SSSR count). The van der Waals surface area contributed by atoms with Gasteiger partial charge in [0.25, 0.3) is 0 Å². The first kappa shape index (κ1) is 17.0. The number of carbonyl (C=O) groups excluding carboxylic acids is 1. The van der Waals surface area contributed by atoms with Crippen LogP contribution in [0.3, 0.4) is 0 Å². The van der Waals surface area contributed by atoms with Gasteiger partial charge in [-0.1, -0.05) is 11.6 Å². The summed E-state index contributed by atoms with van der Waals surface area (Å²) in [5.41, 5.74) is 2.96. The fourth-order valence-corrected chi connectivity index (χ4v) is 2.45. The molecule has 0 saturated carbocycles. The maximum absolute atomic E-state index is 11.4.